The molecule has 1 aliphatic rings. The molecule has 0 bridgehead atoms. The topological polar surface area (TPSA) is 59.0 Å². The molecule has 0 amide bonds. The predicted octanol–water partition coefficient (Wildman–Crippen LogP) is 2.51. The molecule has 2 rings (SSSR count). The van der Waals surface area contributed by atoms with Gasteiger partial charge in [0.25, 0.3) is 0 Å². The highest BCUT2D eigenvalue weighted by Crippen LogP contribution is 2.32. The monoisotopic (exact) mass is 216 g/mol. The van der Waals surface area contributed by atoms with Gasteiger partial charge in [-0.2, -0.15) is 5.26 Å². The van der Waals surface area contributed by atoms with Crippen molar-refractivity contribution in [3.8, 4) is 11.8 Å². The smallest absolute Gasteiger partial charge is 0.119 e. The minimum atomic E-state index is 0.339. The first-order valence-corrected chi connectivity index (χ1v) is 5.67. The number of anilines is 1. The number of hydrogen-bond acceptors (Lipinski definition) is 3. The summed E-state index contributed by atoms with van der Waals surface area (Å²) in [5.41, 5.74) is 7.27. The lowest BCUT2D eigenvalue weighted by atomic mass is 10.1. The summed E-state index contributed by atoms with van der Waals surface area (Å²) in [6, 6.07) is 7.64. The second kappa shape index (κ2) is 4.89. The van der Waals surface area contributed by atoms with E-state index >= 15 is 0 Å². The molecular weight excluding hydrogens is 200 g/mol. The van der Waals surface area contributed by atoms with Gasteiger partial charge in [0.1, 0.15) is 5.75 Å². The van der Waals surface area contributed by atoms with Gasteiger partial charge < -0.3 is 10.5 Å². The maximum absolute atomic E-state index is 8.65. The van der Waals surface area contributed by atoms with Crippen LogP contribution in [0.3, 0.4) is 0 Å². The quantitative estimate of drug-likeness (QED) is 0.769. The Morgan fingerprint density at radius 1 is 1.44 bits per heavy atom. The van der Waals surface area contributed by atoms with Gasteiger partial charge >= 0.3 is 0 Å². The fraction of sp³-hybridized carbons (Fsp3) is 0.462. The minimum absolute atomic E-state index is 0.339. The van der Waals surface area contributed by atoms with Crippen molar-refractivity contribution in [3.63, 3.8) is 0 Å². The molecule has 1 fully saturated rings. The Kier molecular flexibility index (Phi) is 3.31. The number of ether oxygens (including phenoxy) is 1. The number of nitrogens with zero attached hydrogens (tertiary/aromatic N) is 1. The molecule has 0 radical (unpaired) electrons. The summed E-state index contributed by atoms with van der Waals surface area (Å²) in [5.74, 6) is 1.70. The number of nitriles is 1. The van der Waals surface area contributed by atoms with Gasteiger partial charge in [0.2, 0.25) is 0 Å². The highest BCUT2D eigenvalue weighted by molar-refractivity contribution is 5.51. The van der Waals surface area contributed by atoms with Crippen LogP contribution in [-0.4, -0.2) is 6.61 Å². The van der Waals surface area contributed by atoms with Crippen molar-refractivity contribution in [2.75, 3.05) is 12.3 Å². The van der Waals surface area contributed by atoms with Crippen LogP contribution >= 0.6 is 0 Å². The van der Waals surface area contributed by atoms with Crippen molar-refractivity contribution in [2.45, 2.75) is 25.7 Å². The maximum Gasteiger partial charge on any atom is 0.119 e. The van der Waals surface area contributed by atoms with E-state index < -0.39 is 0 Å². The van der Waals surface area contributed by atoms with Gasteiger partial charge in [0.15, 0.2) is 0 Å². The molecule has 0 heterocycles. The Hall–Kier alpha value is -1.69. The van der Waals surface area contributed by atoms with E-state index in [0.717, 1.165) is 30.3 Å². The Labute approximate surface area is 95.8 Å². The zero-order valence-corrected chi connectivity index (χ0v) is 9.28. The third-order valence-electron chi connectivity index (χ3n) is 2.88. The molecule has 1 aromatic carbocycles. The molecule has 84 valence electrons. The highest BCUT2D eigenvalue weighted by Gasteiger charge is 2.20. The third kappa shape index (κ3) is 2.90. The van der Waals surface area contributed by atoms with Gasteiger partial charge in [-0.3, -0.25) is 0 Å². The van der Waals surface area contributed by atoms with Gasteiger partial charge in [-0.25, -0.2) is 0 Å². The first-order chi connectivity index (χ1) is 7.79. The molecule has 2 N–H and O–H groups in total. The van der Waals surface area contributed by atoms with E-state index in [1.54, 1.807) is 6.07 Å². The van der Waals surface area contributed by atoms with Crippen LogP contribution in [0.1, 0.15) is 24.8 Å². The molecule has 0 aromatic heterocycles. The van der Waals surface area contributed by atoms with Crippen LogP contribution in [-0.2, 0) is 6.42 Å². The second-order valence-corrected chi connectivity index (χ2v) is 4.28. The number of benzene rings is 1. The Morgan fingerprint density at radius 2 is 2.25 bits per heavy atom. The molecule has 3 nitrogen and oxygen atoms in total. The van der Waals surface area contributed by atoms with Crippen LogP contribution in [0, 0.1) is 17.2 Å². The highest BCUT2D eigenvalue weighted by atomic mass is 16.5. The van der Waals surface area contributed by atoms with Crippen molar-refractivity contribution in [1.82, 2.24) is 0 Å². The van der Waals surface area contributed by atoms with Crippen molar-refractivity contribution in [2.24, 2.45) is 5.92 Å². The molecule has 0 saturated heterocycles. The van der Waals surface area contributed by atoms with Crippen LogP contribution < -0.4 is 10.5 Å². The van der Waals surface area contributed by atoms with Gasteiger partial charge in [-0.05, 0) is 36.1 Å². The Balaban J connectivity index is 1.92. The lowest BCUT2D eigenvalue weighted by Crippen LogP contribution is -2.00. The van der Waals surface area contributed by atoms with Gasteiger partial charge in [0.05, 0.1) is 19.1 Å². The molecule has 1 aliphatic carbocycles. The summed E-state index contributed by atoms with van der Waals surface area (Å²) < 4.78 is 5.63. The van der Waals surface area contributed by atoms with E-state index in [1.807, 2.05) is 12.1 Å². The zero-order chi connectivity index (χ0) is 11.4. The number of nitrogens with two attached hydrogens (primary N) is 1. The van der Waals surface area contributed by atoms with Crippen LogP contribution in [0.25, 0.3) is 0 Å². The molecule has 16 heavy (non-hydrogen) atoms. The molecule has 0 unspecified atom stereocenters. The fourth-order valence-electron chi connectivity index (χ4n) is 1.66. The van der Waals surface area contributed by atoms with Crippen LogP contribution in [0.2, 0.25) is 0 Å². The molecular formula is C13H16N2O. The SMILES string of the molecule is N#CCc1cc(OCCC2CC2)ccc1N. The summed E-state index contributed by atoms with van der Waals surface area (Å²) in [4.78, 5) is 0. The van der Waals surface area contributed by atoms with E-state index in [9.17, 15) is 0 Å². The van der Waals surface area contributed by atoms with Gasteiger partial charge in [-0.15, -0.1) is 0 Å². The Morgan fingerprint density at radius 3 is 2.94 bits per heavy atom. The van der Waals surface area contributed by atoms with Crippen molar-refractivity contribution in [3.05, 3.63) is 23.8 Å². The lowest BCUT2D eigenvalue weighted by molar-refractivity contribution is 0.302. The lowest BCUT2D eigenvalue weighted by Gasteiger charge is -2.08. The standard InChI is InChI=1S/C13H16N2O/c14-7-5-11-9-12(3-4-13(11)15)16-8-6-10-1-2-10/h3-4,9-10H,1-2,5-6,8,15H2. The summed E-state index contributed by atoms with van der Waals surface area (Å²) in [6.45, 7) is 0.764. The van der Waals surface area contributed by atoms with E-state index in [1.165, 1.54) is 12.8 Å². The zero-order valence-electron chi connectivity index (χ0n) is 9.28. The molecule has 0 atom stereocenters. The van der Waals surface area contributed by atoms with Crippen LogP contribution in [0.4, 0.5) is 5.69 Å². The summed E-state index contributed by atoms with van der Waals surface area (Å²) in [7, 11) is 0. The number of rotatable bonds is 5. The maximum atomic E-state index is 8.65. The van der Waals surface area contributed by atoms with Gasteiger partial charge in [-0.1, -0.05) is 12.8 Å². The summed E-state index contributed by atoms with van der Waals surface area (Å²) >= 11 is 0. The average Bonchev–Trinajstić information content (AvgIpc) is 3.07. The molecule has 0 aliphatic heterocycles. The van der Waals surface area contributed by atoms with Crippen molar-refractivity contribution < 1.29 is 4.74 Å². The number of nitrogen functional groups attached to an aromatic ring is 1. The van der Waals surface area contributed by atoms with E-state index in [4.69, 9.17) is 15.7 Å². The van der Waals surface area contributed by atoms with E-state index in [0.29, 0.717) is 12.1 Å². The van der Waals surface area contributed by atoms with Crippen molar-refractivity contribution in [1.29, 1.82) is 5.26 Å². The second-order valence-electron chi connectivity index (χ2n) is 4.28. The van der Waals surface area contributed by atoms with Gasteiger partial charge in [0, 0.05) is 5.69 Å². The first kappa shape index (κ1) is 10.8. The normalized spacial score (nSPS) is 14.4. The third-order valence-corrected chi connectivity index (χ3v) is 2.88. The van der Waals surface area contributed by atoms with Crippen molar-refractivity contribution >= 4 is 5.69 Å². The number of hydrogen-bond donors (Lipinski definition) is 1. The first-order valence-electron chi connectivity index (χ1n) is 5.67. The fourth-order valence-corrected chi connectivity index (χ4v) is 1.66. The Bertz CT molecular complexity index is 405. The molecule has 0 spiro atoms. The largest absolute Gasteiger partial charge is 0.494 e. The van der Waals surface area contributed by atoms with E-state index in [-0.39, 0.29) is 0 Å². The average molecular weight is 216 g/mol. The molecule has 3 heteroatoms. The van der Waals surface area contributed by atoms with Crippen LogP contribution in [0.15, 0.2) is 18.2 Å². The minimum Gasteiger partial charge on any atom is -0.494 e. The summed E-state index contributed by atoms with van der Waals surface area (Å²) in [5, 5.41) is 8.65. The molecule has 1 saturated carbocycles. The summed E-state index contributed by atoms with van der Waals surface area (Å²) in [6.07, 6.45) is 4.18. The van der Waals surface area contributed by atoms with Crippen LogP contribution in [0.5, 0.6) is 5.75 Å². The predicted molar refractivity (Wildman–Crippen MR) is 63.0 cm³/mol. The molecule has 1 aromatic rings. The van der Waals surface area contributed by atoms with E-state index in [2.05, 4.69) is 6.07 Å².